The van der Waals surface area contributed by atoms with Crippen molar-refractivity contribution in [1.82, 2.24) is 9.97 Å². The van der Waals surface area contributed by atoms with Crippen LogP contribution in [0.4, 0.5) is 16.0 Å². The van der Waals surface area contributed by atoms with E-state index >= 15 is 0 Å². The number of rotatable bonds is 3. The van der Waals surface area contributed by atoms with Crippen LogP contribution in [0.3, 0.4) is 0 Å². The first-order valence-electron chi connectivity index (χ1n) is 4.80. The third-order valence-electron chi connectivity index (χ3n) is 2.01. The zero-order valence-corrected chi connectivity index (χ0v) is 9.54. The van der Waals surface area contributed by atoms with Crippen LogP contribution in [0.2, 0.25) is 0 Å². The van der Waals surface area contributed by atoms with E-state index in [1.807, 2.05) is 0 Å². The number of aromatic nitrogens is 2. The summed E-state index contributed by atoms with van der Waals surface area (Å²) in [5.74, 6) is 0.0651. The predicted molar refractivity (Wildman–Crippen MR) is 67.6 cm³/mol. The SMILES string of the molecule is NC(=S)c1ccnc(Nc2ccc(F)cc2)n1. The number of nitrogens with two attached hydrogens (primary N) is 1. The molecule has 3 N–H and O–H groups in total. The van der Waals surface area contributed by atoms with E-state index in [0.717, 1.165) is 0 Å². The summed E-state index contributed by atoms with van der Waals surface area (Å²) < 4.78 is 12.7. The first-order chi connectivity index (χ1) is 8.15. The monoisotopic (exact) mass is 248 g/mol. The van der Waals surface area contributed by atoms with E-state index in [1.54, 1.807) is 24.4 Å². The number of nitrogens with one attached hydrogen (secondary N) is 1. The minimum absolute atomic E-state index is 0.203. The Bertz CT molecular complexity index is 541. The number of hydrogen-bond donors (Lipinski definition) is 2. The fourth-order valence-corrected chi connectivity index (χ4v) is 1.33. The molecule has 0 atom stereocenters. The lowest BCUT2D eigenvalue weighted by Gasteiger charge is -2.05. The maximum absolute atomic E-state index is 12.7. The summed E-state index contributed by atoms with van der Waals surface area (Å²) in [5.41, 5.74) is 6.63. The molecule has 4 nitrogen and oxygen atoms in total. The summed E-state index contributed by atoms with van der Waals surface area (Å²) in [6.45, 7) is 0. The Labute approximate surface area is 103 Å². The molecule has 0 saturated heterocycles. The third-order valence-corrected chi connectivity index (χ3v) is 2.22. The number of anilines is 2. The van der Waals surface area contributed by atoms with Crippen molar-refractivity contribution in [2.45, 2.75) is 0 Å². The van der Waals surface area contributed by atoms with E-state index in [2.05, 4.69) is 15.3 Å². The summed E-state index contributed by atoms with van der Waals surface area (Å²) in [4.78, 5) is 8.32. The molecule has 0 fully saturated rings. The van der Waals surface area contributed by atoms with Crippen molar-refractivity contribution < 1.29 is 4.39 Å². The van der Waals surface area contributed by atoms with Crippen LogP contribution in [0.5, 0.6) is 0 Å². The van der Waals surface area contributed by atoms with Crippen LogP contribution in [-0.4, -0.2) is 15.0 Å². The molecule has 0 spiro atoms. The number of thiocarbonyl (C=S) groups is 1. The van der Waals surface area contributed by atoms with Gasteiger partial charge in [-0.3, -0.25) is 0 Å². The first-order valence-corrected chi connectivity index (χ1v) is 5.21. The summed E-state index contributed by atoms with van der Waals surface area (Å²) >= 11 is 4.81. The molecule has 0 aliphatic heterocycles. The molecule has 0 aliphatic carbocycles. The normalized spacial score (nSPS) is 9.94. The van der Waals surface area contributed by atoms with Gasteiger partial charge in [0.2, 0.25) is 5.95 Å². The molecule has 1 aromatic heterocycles. The second-order valence-corrected chi connectivity index (χ2v) is 3.70. The maximum atomic E-state index is 12.7. The molecule has 6 heteroatoms. The van der Waals surface area contributed by atoms with Crippen molar-refractivity contribution in [2.75, 3.05) is 5.32 Å². The number of hydrogen-bond acceptors (Lipinski definition) is 4. The molecule has 86 valence electrons. The van der Waals surface area contributed by atoms with Crippen LogP contribution >= 0.6 is 12.2 Å². The molecule has 0 aliphatic rings. The van der Waals surface area contributed by atoms with Gasteiger partial charge in [0.1, 0.15) is 16.5 Å². The molecular weight excluding hydrogens is 239 g/mol. The Morgan fingerprint density at radius 2 is 1.94 bits per heavy atom. The minimum Gasteiger partial charge on any atom is -0.388 e. The molecule has 0 radical (unpaired) electrons. The average molecular weight is 248 g/mol. The molecule has 0 saturated carbocycles. The highest BCUT2D eigenvalue weighted by molar-refractivity contribution is 7.80. The zero-order valence-electron chi connectivity index (χ0n) is 8.72. The highest BCUT2D eigenvalue weighted by Crippen LogP contribution is 2.13. The van der Waals surface area contributed by atoms with Crippen molar-refractivity contribution in [3.63, 3.8) is 0 Å². The van der Waals surface area contributed by atoms with E-state index in [4.69, 9.17) is 18.0 Å². The first kappa shape index (κ1) is 11.4. The molecule has 1 aromatic carbocycles. The number of halogens is 1. The van der Waals surface area contributed by atoms with Gasteiger partial charge in [-0.2, -0.15) is 0 Å². The largest absolute Gasteiger partial charge is 0.388 e. The lowest BCUT2D eigenvalue weighted by atomic mass is 10.3. The molecule has 17 heavy (non-hydrogen) atoms. The summed E-state index contributed by atoms with van der Waals surface area (Å²) in [7, 11) is 0. The smallest absolute Gasteiger partial charge is 0.227 e. The van der Waals surface area contributed by atoms with Crippen molar-refractivity contribution in [2.24, 2.45) is 5.73 Å². The highest BCUT2D eigenvalue weighted by atomic mass is 32.1. The van der Waals surface area contributed by atoms with Gasteiger partial charge in [0.25, 0.3) is 0 Å². The van der Waals surface area contributed by atoms with Gasteiger partial charge in [0.15, 0.2) is 0 Å². The zero-order chi connectivity index (χ0) is 12.3. The molecule has 2 rings (SSSR count). The van der Waals surface area contributed by atoms with Gasteiger partial charge < -0.3 is 11.1 Å². The van der Waals surface area contributed by atoms with Gasteiger partial charge in [-0.1, -0.05) is 12.2 Å². The standard InChI is InChI=1S/C11H9FN4S/c12-7-1-3-8(4-2-7)15-11-14-6-5-9(16-11)10(13)17/h1-6H,(H2,13,17)(H,14,15,16). The lowest BCUT2D eigenvalue weighted by molar-refractivity contribution is 0.628. The van der Waals surface area contributed by atoms with Gasteiger partial charge in [0.05, 0.1) is 0 Å². The van der Waals surface area contributed by atoms with Crippen LogP contribution in [0.15, 0.2) is 36.5 Å². The van der Waals surface area contributed by atoms with Crippen LogP contribution in [0, 0.1) is 5.82 Å². The molecule has 0 unspecified atom stereocenters. The average Bonchev–Trinajstić information content (AvgIpc) is 2.32. The van der Waals surface area contributed by atoms with E-state index < -0.39 is 0 Å². The maximum Gasteiger partial charge on any atom is 0.227 e. The lowest BCUT2D eigenvalue weighted by Crippen LogP contribution is -2.12. The second kappa shape index (κ2) is 4.84. The topological polar surface area (TPSA) is 63.8 Å². The van der Waals surface area contributed by atoms with Crippen LogP contribution in [0.1, 0.15) is 5.69 Å². The van der Waals surface area contributed by atoms with E-state index in [0.29, 0.717) is 17.3 Å². The van der Waals surface area contributed by atoms with Crippen molar-refractivity contribution >= 4 is 28.8 Å². The quantitative estimate of drug-likeness (QED) is 0.813. The van der Waals surface area contributed by atoms with E-state index in [1.165, 1.54) is 12.1 Å². The molecular formula is C11H9FN4S. The fourth-order valence-electron chi connectivity index (χ4n) is 1.22. The van der Waals surface area contributed by atoms with Crippen molar-refractivity contribution in [3.8, 4) is 0 Å². The minimum atomic E-state index is -0.298. The molecule has 0 amide bonds. The predicted octanol–water partition coefficient (Wildman–Crippen LogP) is 1.99. The Kier molecular flexibility index (Phi) is 3.24. The molecule has 2 aromatic rings. The number of benzene rings is 1. The fraction of sp³-hybridized carbons (Fsp3) is 0. The summed E-state index contributed by atoms with van der Waals surface area (Å²) in [5, 5.41) is 2.92. The van der Waals surface area contributed by atoms with Gasteiger partial charge in [0, 0.05) is 11.9 Å². The Hall–Kier alpha value is -2.08. The van der Waals surface area contributed by atoms with Crippen LogP contribution in [-0.2, 0) is 0 Å². The van der Waals surface area contributed by atoms with Gasteiger partial charge in [-0.05, 0) is 30.3 Å². The van der Waals surface area contributed by atoms with Gasteiger partial charge in [-0.25, -0.2) is 14.4 Å². The summed E-state index contributed by atoms with van der Waals surface area (Å²) in [6, 6.07) is 7.50. The van der Waals surface area contributed by atoms with Crippen LogP contribution < -0.4 is 11.1 Å². The van der Waals surface area contributed by atoms with Gasteiger partial charge >= 0.3 is 0 Å². The summed E-state index contributed by atoms with van der Waals surface area (Å²) in [6.07, 6.45) is 1.55. The Morgan fingerprint density at radius 1 is 1.24 bits per heavy atom. The molecule has 0 bridgehead atoms. The number of nitrogens with zero attached hydrogens (tertiary/aromatic N) is 2. The third kappa shape index (κ3) is 2.94. The van der Waals surface area contributed by atoms with Crippen molar-refractivity contribution in [3.05, 3.63) is 48.0 Å². The van der Waals surface area contributed by atoms with Gasteiger partial charge in [-0.15, -0.1) is 0 Å². The molecule has 1 heterocycles. The highest BCUT2D eigenvalue weighted by Gasteiger charge is 2.02. The van der Waals surface area contributed by atoms with Crippen molar-refractivity contribution in [1.29, 1.82) is 0 Å². The Morgan fingerprint density at radius 3 is 2.59 bits per heavy atom. The van der Waals surface area contributed by atoms with Crippen LogP contribution in [0.25, 0.3) is 0 Å². The van der Waals surface area contributed by atoms with E-state index in [-0.39, 0.29) is 10.8 Å². The Balaban J connectivity index is 2.21. The van der Waals surface area contributed by atoms with E-state index in [9.17, 15) is 4.39 Å². The second-order valence-electron chi connectivity index (χ2n) is 3.26.